The molecule has 3 rings (SSSR count). The summed E-state index contributed by atoms with van der Waals surface area (Å²) in [6, 6.07) is 0. The second-order valence-electron chi connectivity index (χ2n) is 11.2. The SMILES string of the molecule is C[Si](C)(C)C1=CC[C]2=C1[Si](C)(C)[Si](C)(C)C1=[C](CC=C1[Si](C)(C)C)[Hf+2]2.[Cl-].[Cl-]. The Morgan fingerprint density at radius 3 is 1.22 bits per heavy atom. The zero-order valence-corrected chi connectivity index (χ0v) is 27.9. The molecule has 0 aromatic heterocycles. The smallest absolute Gasteiger partial charge is 1.00 e. The normalized spacial score (nSPS) is 23.0. The van der Waals surface area contributed by atoms with Crippen LogP contribution in [-0.4, -0.2) is 31.3 Å². The van der Waals surface area contributed by atoms with Crippen LogP contribution < -0.4 is 24.8 Å². The molecule has 1 heterocycles. The van der Waals surface area contributed by atoms with Gasteiger partial charge in [-0.25, -0.2) is 0 Å². The third-order valence-electron chi connectivity index (χ3n) is 6.89. The van der Waals surface area contributed by atoms with Crippen molar-refractivity contribution < 1.29 is 47.7 Å². The minimum atomic E-state index is -1.42. The molecule has 0 aromatic rings. The summed E-state index contributed by atoms with van der Waals surface area (Å²) >= 11 is -0.822. The van der Waals surface area contributed by atoms with Crippen molar-refractivity contribution in [2.24, 2.45) is 0 Å². The van der Waals surface area contributed by atoms with Crippen molar-refractivity contribution in [3.63, 3.8) is 0 Å². The topological polar surface area (TPSA) is 0 Å². The molecule has 0 fully saturated rings. The van der Waals surface area contributed by atoms with Crippen LogP contribution in [0.5, 0.6) is 0 Å². The fourth-order valence-electron chi connectivity index (χ4n) is 4.97. The van der Waals surface area contributed by atoms with Crippen molar-refractivity contribution in [1.29, 1.82) is 0 Å². The first-order valence-electron chi connectivity index (χ1n) is 9.85. The molecule has 0 saturated carbocycles. The van der Waals surface area contributed by atoms with E-state index in [0.29, 0.717) is 0 Å². The van der Waals surface area contributed by atoms with Gasteiger partial charge in [-0.15, -0.1) is 0 Å². The zero-order valence-electron chi connectivity index (χ0n) is 18.8. The molecule has 0 radical (unpaired) electrons. The Morgan fingerprint density at radius 2 is 0.963 bits per heavy atom. The average Bonchev–Trinajstić information content (AvgIpc) is 3.00. The van der Waals surface area contributed by atoms with E-state index in [0.717, 1.165) is 0 Å². The Morgan fingerprint density at radius 1 is 0.667 bits per heavy atom. The van der Waals surface area contributed by atoms with Crippen molar-refractivity contribution >= 4 is 31.3 Å². The molecule has 3 aliphatic rings. The molecule has 0 N–H and O–H groups in total. The average molecular weight is 638 g/mol. The van der Waals surface area contributed by atoms with Gasteiger partial charge < -0.3 is 24.8 Å². The van der Waals surface area contributed by atoms with Gasteiger partial charge >= 0.3 is 172 Å². The van der Waals surface area contributed by atoms with Crippen LogP contribution in [0.3, 0.4) is 0 Å². The molecule has 2 aliphatic carbocycles. The minimum absolute atomic E-state index is 0. The van der Waals surface area contributed by atoms with Gasteiger partial charge in [0.1, 0.15) is 0 Å². The van der Waals surface area contributed by atoms with Crippen molar-refractivity contribution in [2.75, 3.05) is 0 Å². The summed E-state index contributed by atoms with van der Waals surface area (Å²) in [6.07, 6.45) is 8.10. The van der Waals surface area contributed by atoms with Crippen molar-refractivity contribution in [3.8, 4) is 0 Å². The molecule has 0 nitrogen and oxygen atoms in total. The minimum Gasteiger partial charge on any atom is -1.00 e. The fourth-order valence-corrected chi connectivity index (χ4v) is 39.0. The largest absolute Gasteiger partial charge is 1.00 e. The van der Waals surface area contributed by atoms with Crippen molar-refractivity contribution in [3.05, 3.63) is 39.6 Å². The van der Waals surface area contributed by atoms with E-state index in [1.165, 1.54) is 12.8 Å². The van der Waals surface area contributed by atoms with Gasteiger partial charge in [0.15, 0.2) is 0 Å². The first-order chi connectivity index (χ1) is 11.2. The summed E-state index contributed by atoms with van der Waals surface area (Å²) in [5.74, 6) is 0. The Bertz CT molecular complexity index is 696. The maximum atomic E-state index is 2.77. The molecule has 0 amide bonds. The van der Waals surface area contributed by atoms with E-state index in [-0.39, 0.29) is 24.8 Å². The fraction of sp³-hybridized carbons (Fsp3) is 0.600. The predicted molar refractivity (Wildman–Crippen MR) is 121 cm³/mol. The summed E-state index contributed by atoms with van der Waals surface area (Å²) in [4.78, 5) is 0. The van der Waals surface area contributed by atoms with Crippen LogP contribution in [0.25, 0.3) is 0 Å². The number of hydrogen-bond donors (Lipinski definition) is 0. The Hall–Kier alpha value is 1.28. The van der Waals surface area contributed by atoms with Gasteiger partial charge in [-0.3, -0.25) is 0 Å². The summed E-state index contributed by atoms with van der Waals surface area (Å²) < 4.78 is 4.06. The first-order valence-corrected chi connectivity index (χ1v) is 27.4. The van der Waals surface area contributed by atoms with E-state index in [9.17, 15) is 0 Å². The zero-order chi connectivity index (χ0) is 19.0. The molecule has 0 unspecified atom stereocenters. The Balaban J connectivity index is 0.00000182. The molecular weight excluding hydrogens is 602 g/mol. The van der Waals surface area contributed by atoms with E-state index in [1.54, 1.807) is 0 Å². The van der Waals surface area contributed by atoms with Crippen LogP contribution >= 0.6 is 0 Å². The quantitative estimate of drug-likeness (QED) is 0.389. The van der Waals surface area contributed by atoms with Gasteiger partial charge in [-0.2, -0.15) is 0 Å². The predicted octanol–water partition coefficient (Wildman–Crippen LogP) is 0.587. The van der Waals surface area contributed by atoms with Crippen LogP contribution in [-0.2, 0) is 22.9 Å². The molecule has 0 saturated heterocycles. The van der Waals surface area contributed by atoms with Gasteiger partial charge in [0.05, 0.1) is 0 Å². The summed E-state index contributed by atoms with van der Waals surface area (Å²) in [5.41, 5.74) is 0. The summed E-state index contributed by atoms with van der Waals surface area (Å²) in [5, 5.41) is 7.87. The molecule has 150 valence electrons. The second-order valence-corrected chi connectivity index (χ2v) is 41.5. The third kappa shape index (κ3) is 4.22. The Kier molecular flexibility index (Phi) is 7.88. The van der Waals surface area contributed by atoms with Crippen LogP contribution in [0, 0.1) is 0 Å². The van der Waals surface area contributed by atoms with E-state index in [1.807, 2.05) is 27.4 Å². The second kappa shape index (κ2) is 8.08. The van der Waals surface area contributed by atoms with Crippen molar-refractivity contribution in [1.82, 2.24) is 0 Å². The van der Waals surface area contributed by atoms with Gasteiger partial charge in [0.2, 0.25) is 0 Å². The molecule has 7 heteroatoms. The van der Waals surface area contributed by atoms with Crippen LogP contribution in [0.2, 0.25) is 65.5 Å². The van der Waals surface area contributed by atoms with Crippen LogP contribution in [0.15, 0.2) is 39.6 Å². The number of hydrogen-bond acceptors (Lipinski definition) is 0. The van der Waals surface area contributed by atoms with E-state index in [4.69, 9.17) is 0 Å². The van der Waals surface area contributed by atoms with E-state index >= 15 is 0 Å². The number of halogens is 2. The molecule has 0 spiro atoms. The molecule has 0 bridgehead atoms. The van der Waals surface area contributed by atoms with Gasteiger partial charge in [-0.05, 0) is 0 Å². The number of allylic oxidation sites excluding steroid dienone is 8. The first kappa shape index (κ1) is 26.3. The van der Waals surface area contributed by atoms with Gasteiger partial charge in [-0.1, -0.05) is 0 Å². The van der Waals surface area contributed by atoms with Crippen molar-refractivity contribution in [2.45, 2.75) is 78.3 Å². The van der Waals surface area contributed by atoms with Crippen LogP contribution in [0.1, 0.15) is 12.8 Å². The number of rotatable bonds is 2. The monoisotopic (exact) mass is 638 g/mol. The standard InChI is InChI=1S/C20H36Si4.2ClH.Hf/c1-21(2,3)17-13-11-15-19(17)23(7,8)24(9,10)20-16-12-14-18(20)22(4,5)6;;;/h13-14H,11-12H2,1-10H3;2*1H;/q;;;+2/p-2. The molecule has 27 heavy (non-hydrogen) atoms. The summed E-state index contributed by atoms with van der Waals surface area (Å²) in [6.45, 7) is 26.6. The van der Waals surface area contributed by atoms with Gasteiger partial charge in [0, 0.05) is 0 Å². The molecule has 0 aromatic carbocycles. The molecular formula is C20H36Cl2HfSi4. The third-order valence-corrected chi connectivity index (χ3v) is 36.4. The van der Waals surface area contributed by atoms with E-state index < -0.39 is 54.2 Å². The maximum Gasteiger partial charge on any atom is -1.00 e. The van der Waals surface area contributed by atoms with Crippen LogP contribution in [0.4, 0.5) is 0 Å². The maximum absolute atomic E-state index is 2.77. The van der Waals surface area contributed by atoms with E-state index in [2.05, 4.69) is 77.6 Å². The Labute approximate surface area is 195 Å². The molecule has 1 aliphatic heterocycles. The molecule has 0 atom stereocenters. The van der Waals surface area contributed by atoms with Gasteiger partial charge in [0.25, 0.3) is 0 Å². The summed E-state index contributed by atoms with van der Waals surface area (Å²) in [7, 11) is -5.30.